The van der Waals surface area contributed by atoms with E-state index in [1.165, 1.54) is 16.2 Å². The van der Waals surface area contributed by atoms with Gasteiger partial charge in [0.25, 0.3) is 0 Å². The van der Waals surface area contributed by atoms with Gasteiger partial charge in [0.05, 0.1) is 6.54 Å². The van der Waals surface area contributed by atoms with Crippen LogP contribution in [0.25, 0.3) is 0 Å². The molecule has 1 fully saturated rings. The molecule has 5 nitrogen and oxygen atoms in total. The molecule has 1 saturated carbocycles. The van der Waals surface area contributed by atoms with Crippen LogP contribution in [0, 0.1) is 12.8 Å². The maximum Gasteiger partial charge on any atom is 0.227 e. The zero-order valence-corrected chi connectivity index (χ0v) is 18.9. The number of thiophene rings is 1. The van der Waals surface area contributed by atoms with Gasteiger partial charge in [-0.05, 0) is 49.6 Å². The van der Waals surface area contributed by atoms with E-state index in [9.17, 15) is 4.79 Å². The molecule has 0 unspecified atom stereocenters. The molecule has 2 aromatic rings. The summed E-state index contributed by atoms with van der Waals surface area (Å²) in [5.74, 6) is 1.10. The Balaban J connectivity index is 0.00000261. The van der Waals surface area contributed by atoms with Crippen LogP contribution >= 0.6 is 35.3 Å². The summed E-state index contributed by atoms with van der Waals surface area (Å²) in [6.45, 7) is 3.52. The number of guanidine groups is 1. The number of nitrogens with one attached hydrogen (secondary N) is 3. The Hall–Kier alpha value is -1.61. The van der Waals surface area contributed by atoms with Gasteiger partial charge in [0.2, 0.25) is 5.91 Å². The first-order valence-corrected chi connectivity index (χ1v) is 9.85. The van der Waals surface area contributed by atoms with Crippen LogP contribution in [-0.2, 0) is 17.9 Å². The number of benzene rings is 1. The average molecular weight is 498 g/mol. The average Bonchev–Trinajstić information content (AvgIpc) is 2.99. The lowest BCUT2D eigenvalue weighted by atomic mass is 9.85. The van der Waals surface area contributed by atoms with E-state index in [-0.39, 0.29) is 35.8 Å². The number of hydrogen-bond acceptors (Lipinski definition) is 3. The van der Waals surface area contributed by atoms with Gasteiger partial charge in [-0.15, -0.1) is 35.3 Å². The van der Waals surface area contributed by atoms with Crippen molar-refractivity contribution in [1.82, 2.24) is 10.6 Å². The van der Waals surface area contributed by atoms with Gasteiger partial charge in [0.1, 0.15) is 0 Å². The fourth-order valence-electron chi connectivity index (χ4n) is 2.83. The lowest BCUT2D eigenvalue weighted by molar-refractivity contribution is -0.122. The van der Waals surface area contributed by atoms with E-state index < -0.39 is 0 Å². The second kappa shape index (κ2) is 10.7. The third kappa shape index (κ3) is 6.49. The Bertz CT molecular complexity index is 786. The molecule has 1 aromatic carbocycles. The monoisotopic (exact) mass is 498 g/mol. The third-order valence-electron chi connectivity index (χ3n) is 4.58. The molecule has 1 amide bonds. The molecular formula is C20H27IN4OS. The molecule has 1 aliphatic carbocycles. The van der Waals surface area contributed by atoms with Crippen molar-refractivity contribution in [2.75, 3.05) is 12.4 Å². The van der Waals surface area contributed by atoms with Crippen molar-refractivity contribution >= 4 is 52.9 Å². The summed E-state index contributed by atoms with van der Waals surface area (Å²) in [6, 6.07) is 12.2. The van der Waals surface area contributed by atoms with Gasteiger partial charge in [-0.1, -0.05) is 18.6 Å². The first-order chi connectivity index (χ1) is 12.6. The normalized spacial score (nSPS) is 14.1. The first kappa shape index (κ1) is 21.7. The zero-order valence-electron chi connectivity index (χ0n) is 15.7. The summed E-state index contributed by atoms with van der Waals surface area (Å²) in [7, 11) is 1.77. The van der Waals surface area contributed by atoms with Crippen molar-refractivity contribution < 1.29 is 4.79 Å². The van der Waals surface area contributed by atoms with E-state index in [1.807, 2.05) is 24.3 Å². The molecule has 0 aliphatic heterocycles. The van der Waals surface area contributed by atoms with Gasteiger partial charge in [0, 0.05) is 35.0 Å². The number of halogens is 1. The van der Waals surface area contributed by atoms with Crippen molar-refractivity contribution in [2.24, 2.45) is 10.9 Å². The Morgan fingerprint density at radius 2 is 1.96 bits per heavy atom. The topological polar surface area (TPSA) is 65.5 Å². The second-order valence-electron chi connectivity index (χ2n) is 6.61. The SMILES string of the molecule is CN=C(NCc1cccc(NC(=O)C2CCC2)c1)NCc1ccc(C)s1.I. The minimum absolute atomic E-state index is 0. The van der Waals surface area contributed by atoms with E-state index in [2.05, 4.69) is 40.0 Å². The quantitative estimate of drug-likeness (QED) is 0.317. The lowest BCUT2D eigenvalue weighted by Gasteiger charge is -2.24. The van der Waals surface area contributed by atoms with Crippen LogP contribution in [0.15, 0.2) is 41.4 Å². The van der Waals surface area contributed by atoms with Gasteiger partial charge >= 0.3 is 0 Å². The highest BCUT2D eigenvalue weighted by Crippen LogP contribution is 2.27. The molecule has 0 spiro atoms. The summed E-state index contributed by atoms with van der Waals surface area (Å²) in [4.78, 5) is 18.9. The van der Waals surface area contributed by atoms with Gasteiger partial charge in [-0.2, -0.15) is 0 Å². The third-order valence-corrected chi connectivity index (χ3v) is 5.58. The van der Waals surface area contributed by atoms with Crippen molar-refractivity contribution in [1.29, 1.82) is 0 Å². The Morgan fingerprint density at radius 1 is 1.19 bits per heavy atom. The smallest absolute Gasteiger partial charge is 0.227 e. The summed E-state index contributed by atoms with van der Waals surface area (Å²) in [5, 5.41) is 9.67. The molecule has 1 aromatic heterocycles. The van der Waals surface area contributed by atoms with E-state index in [4.69, 9.17) is 0 Å². The Morgan fingerprint density at radius 3 is 2.59 bits per heavy atom. The zero-order chi connectivity index (χ0) is 18.4. The largest absolute Gasteiger partial charge is 0.352 e. The standard InChI is InChI=1S/C20H26N4OS.HI/c1-14-9-10-18(26-14)13-23-20(21-2)22-12-15-5-3-8-17(11-15)24-19(25)16-6-4-7-16;/h3,5,8-11,16H,4,6-7,12-13H2,1-2H3,(H,24,25)(H2,21,22,23);1H. The minimum atomic E-state index is 0. The highest BCUT2D eigenvalue weighted by Gasteiger charge is 2.25. The number of amides is 1. The maximum atomic E-state index is 12.1. The number of aryl methyl sites for hydroxylation is 1. The molecule has 3 rings (SSSR count). The molecule has 0 bridgehead atoms. The number of carbonyl (C=O) groups excluding carboxylic acids is 1. The fraction of sp³-hybridized carbons (Fsp3) is 0.400. The van der Waals surface area contributed by atoms with Crippen molar-refractivity contribution in [3.8, 4) is 0 Å². The number of aliphatic imine (C=N–C) groups is 1. The molecule has 0 atom stereocenters. The molecule has 1 aliphatic rings. The van der Waals surface area contributed by atoms with Crippen molar-refractivity contribution in [2.45, 2.75) is 39.3 Å². The number of hydrogen-bond donors (Lipinski definition) is 3. The van der Waals surface area contributed by atoms with Crippen LogP contribution in [0.5, 0.6) is 0 Å². The van der Waals surface area contributed by atoms with Crippen LogP contribution in [0.3, 0.4) is 0 Å². The number of rotatable bonds is 6. The van der Waals surface area contributed by atoms with E-state index >= 15 is 0 Å². The van der Waals surface area contributed by atoms with Crippen molar-refractivity contribution in [3.63, 3.8) is 0 Å². The van der Waals surface area contributed by atoms with E-state index in [0.717, 1.165) is 36.6 Å². The number of carbonyl (C=O) groups is 1. The van der Waals surface area contributed by atoms with Gasteiger partial charge in [-0.3, -0.25) is 9.79 Å². The van der Waals surface area contributed by atoms with Crippen LogP contribution in [0.1, 0.15) is 34.6 Å². The van der Waals surface area contributed by atoms with Crippen LogP contribution < -0.4 is 16.0 Å². The predicted octanol–water partition coefficient (Wildman–Crippen LogP) is 4.28. The molecule has 1 heterocycles. The van der Waals surface area contributed by atoms with Crippen LogP contribution in [-0.4, -0.2) is 18.9 Å². The van der Waals surface area contributed by atoms with Crippen molar-refractivity contribution in [3.05, 3.63) is 51.7 Å². The first-order valence-electron chi connectivity index (χ1n) is 9.03. The summed E-state index contributed by atoms with van der Waals surface area (Å²) in [6.07, 6.45) is 3.19. The highest BCUT2D eigenvalue weighted by atomic mass is 127. The van der Waals surface area contributed by atoms with E-state index in [1.54, 1.807) is 18.4 Å². The molecule has 0 saturated heterocycles. The maximum absolute atomic E-state index is 12.1. The number of anilines is 1. The summed E-state index contributed by atoms with van der Waals surface area (Å²) >= 11 is 1.79. The van der Waals surface area contributed by atoms with Crippen LogP contribution in [0.2, 0.25) is 0 Å². The van der Waals surface area contributed by atoms with Gasteiger partial charge < -0.3 is 16.0 Å². The van der Waals surface area contributed by atoms with Crippen LogP contribution in [0.4, 0.5) is 5.69 Å². The van der Waals surface area contributed by atoms with Gasteiger partial charge in [0.15, 0.2) is 5.96 Å². The highest BCUT2D eigenvalue weighted by molar-refractivity contribution is 14.0. The lowest BCUT2D eigenvalue weighted by Crippen LogP contribution is -2.36. The predicted molar refractivity (Wildman–Crippen MR) is 124 cm³/mol. The minimum Gasteiger partial charge on any atom is -0.352 e. The molecule has 27 heavy (non-hydrogen) atoms. The fourth-order valence-corrected chi connectivity index (χ4v) is 3.66. The molecule has 0 radical (unpaired) electrons. The van der Waals surface area contributed by atoms with Gasteiger partial charge in [-0.25, -0.2) is 0 Å². The molecule has 3 N–H and O–H groups in total. The number of nitrogens with zero attached hydrogens (tertiary/aromatic N) is 1. The Kier molecular flexibility index (Phi) is 8.56. The van der Waals surface area contributed by atoms with E-state index in [0.29, 0.717) is 6.54 Å². The summed E-state index contributed by atoms with van der Waals surface area (Å²) in [5.41, 5.74) is 1.96. The summed E-state index contributed by atoms with van der Waals surface area (Å²) < 4.78 is 0. The Labute approximate surface area is 182 Å². The molecular weight excluding hydrogens is 471 g/mol. The molecule has 146 valence electrons. The second-order valence-corrected chi connectivity index (χ2v) is 7.98. The molecule has 7 heteroatoms.